The fraction of sp³-hybridized carbons (Fsp3) is 0.375. The van der Waals surface area contributed by atoms with Crippen LogP contribution < -0.4 is 16.0 Å². The minimum absolute atomic E-state index is 0.188. The maximum Gasteiger partial charge on any atom is 0.321 e. The monoisotopic (exact) mass is 346 g/mol. The Hall–Kier alpha value is -2.48. The number of imide groups is 1. The van der Waals surface area contributed by atoms with Crippen LogP contribution in [0.2, 0.25) is 0 Å². The van der Waals surface area contributed by atoms with Gasteiger partial charge in [0.25, 0.3) is 0 Å². The van der Waals surface area contributed by atoms with Crippen LogP contribution in [0.3, 0.4) is 0 Å². The van der Waals surface area contributed by atoms with E-state index in [-0.39, 0.29) is 24.3 Å². The largest absolute Gasteiger partial charge is 0.335 e. The molecule has 3 N–H and O–H groups in total. The second-order valence-corrected chi connectivity index (χ2v) is 6.97. The standard InChI is InChI=1S/C16H18N4O3S/c1-8-3-5-11-12(7-8)24-16(18-11)19-13(21)6-4-10-9(2)17-15(23)20-14(10)22/h3,5,7,9-10H,4,6H2,1-2H3,(H,18,19,21)(H2,17,20,22,23). The van der Waals surface area contributed by atoms with E-state index < -0.39 is 11.9 Å². The minimum Gasteiger partial charge on any atom is -0.335 e. The highest BCUT2D eigenvalue weighted by molar-refractivity contribution is 7.22. The van der Waals surface area contributed by atoms with Crippen molar-refractivity contribution >= 4 is 44.5 Å². The van der Waals surface area contributed by atoms with E-state index in [0.717, 1.165) is 15.8 Å². The van der Waals surface area contributed by atoms with Crippen LogP contribution in [-0.2, 0) is 9.59 Å². The zero-order valence-electron chi connectivity index (χ0n) is 13.4. The molecular weight excluding hydrogens is 328 g/mol. The van der Waals surface area contributed by atoms with Crippen LogP contribution in [-0.4, -0.2) is 28.9 Å². The lowest BCUT2D eigenvalue weighted by Gasteiger charge is -2.28. The summed E-state index contributed by atoms with van der Waals surface area (Å²) in [7, 11) is 0. The number of amides is 4. The molecule has 126 valence electrons. The Kier molecular flexibility index (Phi) is 4.48. The molecule has 0 spiro atoms. The van der Waals surface area contributed by atoms with E-state index in [4.69, 9.17) is 0 Å². The Morgan fingerprint density at radius 2 is 2.17 bits per heavy atom. The molecule has 0 saturated carbocycles. The lowest BCUT2D eigenvalue weighted by molar-refractivity contribution is -0.126. The molecule has 7 nitrogen and oxygen atoms in total. The number of carbonyl (C=O) groups excluding carboxylic acids is 3. The van der Waals surface area contributed by atoms with E-state index in [2.05, 4.69) is 20.9 Å². The summed E-state index contributed by atoms with van der Waals surface area (Å²) in [4.78, 5) is 39.5. The van der Waals surface area contributed by atoms with Gasteiger partial charge in [0.05, 0.1) is 16.1 Å². The first kappa shape index (κ1) is 16.4. The Labute approximate surface area is 142 Å². The molecule has 1 fully saturated rings. The third kappa shape index (κ3) is 3.53. The number of urea groups is 1. The third-order valence-corrected chi connectivity index (χ3v) is 4.94. The van der Waals surface area contributed by atoms with Crippen molar-refractivity contribution in [3.8, 4) is 0 Å². The van der Waals surface area contributed by atoms with Crippen LogP contribution in [0.1, 0.15) is 25.3 Å². The van der Waals surface area contributed by atoms with Crippen molar-refractivity contribution in [1.82, 2.24) is 15.6 Å². The van der Waals surface area contributed by atoms with Gasteiger partial charge < -0.3 is 10.6 Å². The number of anilines is 1. The van der Waals surface area contributed by atoms with E-state index in [1.54, 1.807) is 6.92 Å². The number of benzene rings is 1. The van der Waals surface area contributed by atoms with Crippen molar-refractivity contribution in [3.63, 3.8) is 0 Å². The number of aryl methyl sites for hydroxylation is 1. The molecule has 8 heteroatoms. The first-order chi connectivity index (χ1) is 11.4. The van der Waals surface area contributed by atoms with Crippen molar-refractivity contribution in [2.45, 2.75) is 32.7 Å². The Balaban J connectivity index is 1.58. The average Bonchev–Trinajstić information content (AvgIpc) is 2.87. The van der Waals surface area contributed by atoms with Crippen LogP contribution in [0.5, 0.6) is 0 Å². The normalized spacial score (nSPS) is 20.6. The Morgan fingerprint density at radius 1 is 1.38 bits per heavy atom. The lowest BCUT2D eigenvalue weighted by Crippen LogP contribution is -2.57. The fourth-order valence-electron chi connectivity index (χ4n) is 2.71. The zero-order chi connectivity index (χ0) is 17.3. The number of rotatable bonds is 4. The Morgan fingerprint density at radius 3 is 2.92 bits per heavy atom. The fourth-order valence-corrected chi connectivity index (χ4v) is 3.69. The van der Waals surface area contributed by atoms with E-state index >= 15 is 0 Å². The van der Waals surface area contributed by atoms with Crippen LogP contribution in [0.25, 0.3) is 10.2 Å². The molecule has 0 radical (unpaired) electrons. The zero-order valence-corrected chi connectivity index (χ0v) is 14.2. The number of nitrogens with zero attached hydrogens (tertiary/aromatic N) is 1. The number of carbonyl (C=O) groups is 3. The van der Waals surface area contributed by atoms with Gasteiger partial charge in [-0.25, -0.2) is 9.78 Å². The number of aromatic nitrogens is 1. The second-order valence-electron chi connectivity index (χ2n) is 5.93. The SMILES string of the molecule is Cc1ccc2nc(NC(=O)CCC3C(=O)NC(=O)NC3C)sc2c1. The number of hydrogen-bond acceptors (Lipinski definition) is 5. The van der Waals surface area contributed by atoms with Crippen LogP contribution in [0.15, 0.2) is 18.2 Å². The van der Waals surface area contributed by atoms with E-state index in [1.165, 1.54) is 11.3 Å². The van der Waals surface area contributed by atoms with Crippen molar-refractivity contribution in [2.24, 2.45) is 5.92 Å². The van der Waals surface area contributed by atoms with Crippen LogP contribution >= 0.6 is 11.3 Å². The van der Waals surface area contributed by atoms with Gasteiger partial charge in [0.2, 0.25) is 11.8 Å². The average molecular weight is 346 g/mol. The lowest BCUT2D eigenvalue weighted by atomic mass is 9.93. The molecule has 1 aromatic carbocycles. The first-order valence-electron chi connectivity index (χ1n) is 7.71. The molecule has 2 atom stereocenters. The smallest absolute Gasteiger partial charge is 0.321 e. The molecular formula is C16H18N4O3S. The van der Waals surface area contributed by atoms with Gasteiger partial charge in [-0.3, -0.25) is 14.9 Å². The van der Waals surface area contributed by atoms with E-state index in [1.807, 2.05) is 25.1 Å². The summed E-state index contributed by atoms with van der Waals surface area (Å²) in [6, 6.07) is 5.15. The molecule has 1 aliphatic heterocycles. The molecule has 0 aliphatic carbocycles. The summed E-state index contributed by atoms with van der Waals surface area (Å²) >= 11 is 1.42. The van der Waals surface area contributed by atoms with Crippen molar-refractivity contribution in [2.75, 3.05) is 5.32 Å². The number of thiazole rings is 1. The van der Waals surface area contributed by atoms with Crippen molar-refractivity contribution in [1.29, 1.82) is 0 Å². The molecule has 1 aromatic heterocycles. The van der Waals surface area contributed by atoms with Crippen LogP contribution in [0.4, 0.5) is 9.93 Å². The highest BCUT2D eigenvalue weighted by Crippen LogP contribution is 2.27. The topological polar surface area (TPSA) is 100 Å². The summed E-state index contributed by atoms with van der Waals surface area (Å²) in [5.41, 5.74) is 1.99. The predicted molar refractivity (Wildman–Crippen MR) is 91.8 cm³/mol. The summed E-state index contributed by atoms with van der Waals surface area (Å²) in [6.07, 6.45) is 0.552. The minimum atomic E-state index is -0.488. The van der Waals surface area contributed by atoms with Gasteiger partial charge in [-0.15, -0.1) is 0 Å². The molecule has 2 unspecified atom stereocenters. The first-order valence-corrected chi connectivity index (χ1v) is 8.52. The summed E-state index contributed by atoms with van der Waals surface area (Å²) < 4.78 is 1.02. The number of nitrogens with one attached hydrogen (secondary N) is 3. The number of hydrogen-bond donors (Lipinski definition) is 3. The van der Waals surface area contributed by atoms with Crippen molar-refractivity contribution in [3.05, 3.63) is 23.8 Å². The maximum atomic E-state index is 12.1. The highest BCUT2D eigenvalue weighted by Gasteiger charge is 2.32. The third-order valence-electron chi connectivity index (χ3n) is 4.01. The van der Waals surface area contributed by atoms with Gasteiger partial charge in [0.15, 0.2) is 5.13 Å². The van der Waals surface area contributed by atoms with E-state index in [0.29, 0.717) is 11.6 Å². The molecule has 4 amide bonds. The van der Waals surface area contributed by atoms with Crippen molar-refractivity contribution < 1.29 is 14.4 Å². The van der Waals surface area contributed by atoms with E-state index in [9.17, 15) is 14.4 Å². The summed E-state index contributed by atoms with van der Waals surface area (Å²) in [5, 5.41) is 8.20. The Bertz CT molecular complexity index is 817. The van der Waals surface area contributed by atoms with Gasteiger partial charge in [-0.1, -0.05) is 17.4 Å². The summed E-state index contributed by atoms with van der Waals surface area (Å²) in [5.74, 6) is -0.941. The van der Waals surface area contributed by atoms with Gasteiger partial charge in [-0.2, -0.15) is 0 Å². The summed E-state index contributed by atoms with van der Waals surface area (Å²) in [6.45, 7) is 3.77. The molecule has 2 heterocycles. The molecule has 1 saturated heterocycles. The van der Waals surface area contributed by atoms with Gasteiger partial charge in [-0.05, 0) is 38.0 Å². The quantitative estimate of drug-likeness (QED) is 0.790. The predicted octanol–water partition coefficient (Wildman–Crippen LogP) is 2.17. The van der Waals surface area contributed by atoms with Gasteiger partial charge in [0.1, 0.15) is 0 Å². The van der Waals surface area contributed by atoms with Gasteiger partial charge >= 0.3 is 6.03 Å². The molecule has 0 bridgehead atoms. The highest BCUT2D eigenvalue weighted by atomic mass is 32.1. The van der Waals surface area contributed by atoms with Crippen LogP contribution in [0, 0.1) is 12.8 Å². The number of fused-ring (bicyclic) bond motifs is 1. The maximum absolute atomic E-state index is 12.1. The molecule has 24 heavy (non-hydrogen) atoms. The molecule has 3 rings (SSSR count). The van der Waals surface area contributed by atoms with Gasteiger partial charge in [0, 0.05) is 12.5 Å². The molecule has 2 aromatic rings. The molecule has 1 aliphatic rings. The second kappa shape index (κ2) is 6.56.